The molecule has 3 aromatic carbocycles. The summed E-state index contributed by atoms with van der Waals surface area (Å²) in [6, 6.07) is 21.2. The topological polar surface area (TPSA) is 191 Å². The number of anilines is 4. The van der Waals surface area contributed by atoms with Crippen LogP contribution in [-0.2, 0) is 14.8 Å². The number of H-pyrrole nitrogens is 1. The molecule has 4 atom stereocenters. The van der Waals surface area contributed by atoms with Gasteiger partial charge in [0.05, 0.1) is 39.8 Å². The number of carbonyl (C=O) groups excluding carboxylic acids is 1. The molecule has 1 aliphatic carbocycles. The molecular weight excluding hydrogens is 925 g/mol. The molecule has 0 bridgehead atoms. The van der Waals surface area contributed by atoms with E-state index in [9.17, 15) is 23.3 Å². The number of nitro benzene ring substituents is 1. The van der Waals surface area contributed by atoms with Crippen molar-refractivity contribution in [1.29, 1.82) is 0 Å². The number of hydrogen-bond acceptors (Lipinski definition) is 15. The summed E-state index contributed by atoms with van der Waals surface area (Å²) in [4.78, 5) is 46.1. The highest BCUT2D eigenvalue weighted by molar-refractivity contribution is 7.90. The lowest BCUT2D eigenvalue weighted by Crippen LogP contribution is -2.55. The van der Waals surface area contributed by atoms with Crippen molar-refractivity contribution in [1.82, 2.24) is 29.4 Å². The van der Waals surface area contributed by atoms with E-state index < -0.39 is 37.5 Å². The summed E-state index contributed by atoms with van der Waals surface area (Å²) in [5.74, 6) is -0.470. The van der Waals surface area contributed by atoms with E-state index in [1.54, 1.807) is 6.07 Å². The van der Waals surface area contributed by atoms with Gasteiger partial charge in [-0.15, -0.1) is 0 Å². The minimum absolute atomic E-state index is 0.0361. The number of sulfonamides is 1. The smallest absolute Gasteiger partial charge is 0.297 e. The number of hydrogen-bond donors (Lipinski definition) is 3. The maximum absolute atomic E-state index is 14.8. The molecule has 1 spiro atoms. The first-order valence-electron chi connectivity index (χ1n) is 25.3. The molecule has 71 heavy (non-hydrogen) atoms. The van der Waals surface area contributed by atoms with Crippen LogP contribution in [0.1, 0.15) is 72.5 Å². The highest BCUT2D eigenvalue weighted by Gasteiger charge is 2.50. The van der Waals surface area contributed by atoms with Crippen LogP contribution in [0.4, 0.5) is 28.4 Å². The average Bonchev–Trinajstić information content (AvgIpc) is 4.04. The highest BCUT2D eigenvalue weighted by Crippen LogP contribution is 2.55. The Kier molecular flexibility index (Phi) is 11.8. The number of nitrogens with one attached hydrogen (secondary N) is 3. The van der Waals surface area contributed by atoms with Crippen molar-refractivity contribution >= 4 is 55.4 Å². The van der Waals surface area contributed by atoms with Crippen LogP contribution in [-0.4, -0.2) is 147 Å². The number of aryl methyl sites for hydroxylation is 1. The number of benzene rings is 3. The number of ether oxygens (including phenoxy) is 3. The normalized spacial score (nSPS) is 24.8. The molecule has 1 saturated carbocycles. The van der Waals surface area contributed by atoms with Gasteiger partial charge < -0.3 is 39.2 Å². The molecule has 1 amide bonds. The van der Waals surface area contributed by atoms with E-state index in [0.717, 1.165) is 75.8 Å². The van der Waals surface area contributed by atoms with Gasteiger partial charge in [-0.25, -0.2) is 13.1 Å². The van der Waals surface area contributed by atoms with Gasteiger partial charge in [0.1, 0.15) is 24.0 Å². The number of fused-ring (bicyclic) bond motifs is 4. The number of carbonyl (C=O) groups is 1. The number of piperazine rings is 1. The minimum Gasteiger partial charge on any atom is -0.489 e. The largest absolute Gasteiger partial charge is 0.489 e. The zero-order valence-electron chi connectivity index (χ0n) is 40.3. The molecule has 2 aromatic heterocycles. The van der Waals surface area contributed by atoms with Gasteiger partial charge in [0.2, 0.25) is 5.88 Å². The van der Waals surface area contributed by atoms with Crippen LogP contribution in [0.5, 0.6) is 11.6 Å². The summed E-state index contributed by atoms with van der Waals surface area (Å²) in [5.41, 5.74) is 5.65. The third-order valence-electron chi connectivity index (χ3n) is 16.6. The van der Waals surface area contributed by atoms with Crippen LogP contribution in [0.25, 0.3) is 11.0 Å². The zero-order chi connectivity index (χ0) is 48.6. The van der Waals surface area contributed by atoms with Crippen LogP contribution in [0, 0.1) is 22.5 Å². The lowest BCUT2D eigenvalue weighted by molar-refractivity contribution is -0.384. The van der Waals surface area contributed by atoms with Gasteiger partial charge in [-0.1, -0.05) is 24.3 Å². The minimum atomic E-state index is -4.68. The standard InChI is InChI=1S/C52H62N10O8S/c1-33-6-3-4-7-39(33)41-8-5-16-60(41)37-28-52(29-37)13-17-59(18-14-52)36-9-10-40(43(25-36)61-42-12-23-68-32-47(42)70-51-45(61)24-34-11-15-53-49(34)55-51)50(63)56-71(66,67)38-26-44(62(64)65)48-46(27-38)69-31-35(54-48)30-58-21-19-57(2)20-22-58/h3-4,6-7,9-11,15,24-27,35,37,41-42,47,54H,5,8,12-14,16-23,28-32H2,1-2H3,(H,53,55)(H,56,63)/t35-,41-,42+,47+/m0/s1. The van der Waals surface area contributed by atoms with E-state index in [-0.39, 0.29) is 35.7 Å². The van der Waals surface area contributed by atoms with Crippen molar-refractivity contribution in [3.05, 3.63) is 99.7 Å². The molecule has 12 rings (SSSR count). The Bertz CT molecular complexity index is 2980. The number of likely N-dealkylation sites (N-methyl/N-ethyl adjacent to an activating group) is 1. The monoisotopic (exact) mass is 986 g/mol. The molecule has 8 heterocycles. The number of likely N-dealkylation sites (tertiary alicyclic amines) is 1. The number of piperidine rings is 1. The highest BCUT2D eigenvalue weighted by atomic mass is 32.2. The second-order valence-electron chi connectivity index (χ2n) is 21.0. The van der Waals surface area contributed by atoms with E-state index in [1.807, 2.05) is 30.5 Å². The lowest BCUT2D eigenvalue weighted by atomic mass is 9.59. The molecule has 4 saturated heterocycles. The maximum Gasteiger partial charge on any atom is 0.297 e. The summed E-state index contributed by atoms with van der Waals surface area (Å²) < 4.78 is 49.5. The third-order valence-corrected chi connectivity index (χ3v) is 17.9. The lowest BCUT2D eigenvalue weighted by Gasteiger charge is -2.56. The van der Waals surface area contributed by atoms with E-state index >= 15 is 0 Å². The molecule has 19 heteroatoms. The summed E-state index contributed by atoms with van der Waals surface area (Å²) in [6.07, 6.45) is 8.93. The Morgan fingerprint density at radius 2 is 1.77 bits per heavy atom. The summed E-state index contributed by atoms with van der Waals surface area (Å²) in [6.45, 7) is 10.2. The van der Waals surface area contributed by atoms with Gasteiger partial charge >= 0.3 is 0 Å². The molecule has 5 aromatic rings. The van der Waals surface area contributed by atoms with E-state index in [4.69, 9.17) is 19.2 Å². The van der Waals surface area contributed by atoms with Gasteiger partial charge in [0.15, 0.2) is 11.4 Å². The van der Waals surface area contributed by atoms with Crippen LogP contribution in [0.2, 0.25) is 0 Å². The van der Waals surface area contributed by atoms with Gasteiger partial charge in [-0.05, 0) is 112 Å². The van der Waals surface area contributed by atoms with Crippen molar-refractivity contribution in [2.24, 2.45) is 5.41 Å². The molecule has 5 fully saturated rings. The second kappa shape index (κ2) is 18.2. The van der Waals surface area contributed by atoms with Gasteiger partial charge in [-0.2, -0.15) is 4.98 Å². The number of pyridine rings is 1. The Hall–Kier alpha value is -5.99. The van der Waals surface area contributed by atoms with Gasteiger partial charge in [0.25, 0.3) is 21.6 Å². The molecule has 374 valence electrons. The first-order valence-corrected chi connectivity index (χ1v) is 26.8. The molecule has 0 unspecified atom stereocenters. The number of rotatable bonds is 10. The number of aromatic amines is 1. The Labute approximate surface area is 413 Å². The van der Waals surface area contributed by atoms with Crippen molar-refractivity contribution in [3.8, 4) is 11.6 Å². The number of nitrogens with zero attached hydrogens (tertiary/aromatic N) is 7. The quantitative estimate of drug-likeness (QED) is 0.100. The van der Waals surface area contributed by atoms with E-state index in [1.165, 1.54) is 42.9 Å². The van der Waals surface area contributed by atoms with Gasteiger partial charge in [-0.3, -0.25) is 24.7 Å². The fraction of sp³-hybridized carbons (Fsp3) is 0.500. The van der Waals surface area contributed by atoms with Gasteiger partial charge in [0, 0.05) is 93.9 Å². The molecular formula is C52H62N10O8S. The van der Waals surface area contributed by atoms with Crippen molar-refractivity contribution in [2.45, 2.75) is 87.0 Å². The fourth-order valence-electron chi connectivity index (χ4n) is 12.6. The first-order chi connectivity index (χ1) is 34.4. The molecule has 6 aliphatic heterocycles. The van der Waals surface area contributed by atoms with E-state index in [0.29, 0.717) is 66.6 Å². The second-order valence-corrected chi connectivity index (χ2v) is 22.6. The Morgan fingerprint density at radius 3 is 2.58 bits per heavy atom. The predicted molar refractivity (Wildman–Crippen MR) is 270 cm³/mol. The molecule has 7 aliphatic rings. The zero-order valence-corrected chi connectivity index (χ0v) is 41.2. The summed E-state index contributed by atoms with van der Waals surface area (Å²) in [5, 5.41) is 16.7. The van der Waals surface area contributed by atoms with Crippen molar-refractivity contribution in [2.75, 3.05) is 94.3 Å². The number of nitro groups is 1. The van der Waals surface area contributed by atoms with Crippen LogP contribution in [0.3, 0.4) is 0 Å². The van der Waals surface area contributed by atoms with Crippen LogP contribution in [0.15, 0.2) is 77.8 Å². The number of aromatic nitrogens is 2. The van der Waals surface area contributed by atoms with Crippen molar-refractivity contribution < 1.29 is 32.3 Å². The Balaban J connectivity index is 0.830. The molecule has 18 nitrogen and oxygen atoms in total. The SMILES string of the molecule is Cc1ccccc1[C@@H]1CCCN1C1CC2(CCN(c3ccc(C(=O)NS(=O)(=O)c4cc5c(c([N+](=O)[O-])c4)N[C@@H](CN4CCN(C)CC4)CO5)c(N4c5cc6cc[nH]c6nc5O[C@@H]5COCC[C@H]54)c3)CC2)C1. The van der Waals surface area contributed by atoms with Crippen LogP contribution < -0.4 is 29.3 Å². The fourth-order valence-corrected chi connectivity index (χ4v) is 13.7. The third kappa shape index (κ3) is 8.62. The van der Waals surface area contributed by atoms with Crippen molar-refractivity contribution in [3.63, 3.8) is 0 Å². The summed E-state index contributed by atoms with van der Waals surface area (Å²) >= 11 is 0. The van der Waals surface area contributed by atoms with Crippen LogP contribution >= 0.6 is 0 Å². The number of amides is 1. The summed E-state index contributed by atoms with van der Waals surface area (Å²) in [7, 11) is -2.60. The van der Waals surface area contributed by atoms with E-state index in [2.05, 4.69) is 77.8 Å². The average molecular weight is 987 g/mol. The Morgan fingerprint density at radius 1 is 0.958 bits per heavy atom. The molecule has 0 radical (unpaired) electrons. The predicted octanol–water partition coefficient (Wildman–Crippen LogP) is 6.59. The molecule has 3 N–H and O–H groups in total. The first kappa shape index (κ1) is 46.1. The maximum atomic E-state index is 14.8.